The van der Waals surface area contributed by atoms with Crippen molar-refractivity contribution in [2.24, 2.45) is 0 Å². The van der Waals surface area contributed by atoms with Crippen LogP contribution < -0.4 is 5.32 Å². The van der Waals surface area contributed by atoms with Gasteiger partial charge in [-0.1, -0.05) is 36.4 Å². The maximum atomic E-state index is 13.3. The Morgan fingerprint density at radius 3 is 2.19 bits per heavy atom. The molecule has 4 rings (SSSR count). The SMILES string of the molecule is Cc1cccc(NC2=C(N3CCCCC3)C(=O)c3ccccc3C2=O)c1C. The fourth-order valence-corrected chi connectivity index (χ4v) is 3.92. The number of aryl methyl sites for hydroxylation is 1. The number of carbonyl (C=O) groups is 2. The number of piperidine rings is 1. The quantitative estimate of drug-likeness (QED) is 0.876. The summed E-state index contributed by atoms with van der Waals surface area (Å²) in [5.74, 6) is -0.161. The number of allylic oxidation sites excluding steroid dienone is 2. The molecule has 4 nitrogen and oxygen atoms in total. The molecule has 1 fully saturated rings. The lowest BCUT2D eigenvalue weighted by molar-refractivity contribution is 0.0935. The van der Waals surface area contributed by atoms with E-state index in [0.29, 0.717) is 22.5 Å². The number of benzene rings is 2. The molecule has 0 unspecified atom stereocenters. The molecule has 0 amide bonds. The molecule has 0 aromatic heterocycles. The molecule has 2 aromatic rings. The average molecular weight is 360 g/mol. The summed E-state index contributed by atoms with van der Waals surface area (Å²) in [4.78, 5) is 28.7. The van der Waals surface area contributed by atoms with Crippen molar-refractivity contribution in [3.63, 3.8) is 0 Å². The van der Waals surface area contributed by atoms with Crippen LogP contribution in [0.25, 0.3) is 0 Å². The van der Waals surface area contributed by atoms with Gasteiger partial charge in [0.15, 0.2) is 0 Å². The van der Waals surface area contributed by atoms with Crippen LogP contribution in [0.2, 0.25) is 0 Å². The first-order valence-electron chi connectivity index (χ1n) is 9.59. The van der Waals surface area contributed by atoms with Crippen molar-refractivity contribution in [1.29, 1.82) is 0 Å². The summed E-state index contributed by atoms with van der Waals surface area (Å²) in [7, 11) is 0. The molecule has 138 valence electrons. The Kier molecular flexibility index (Phi) is 4.56. The molecule has 1 N–H and O–H groups in total. The van der Waals surface area contributed by atoms with Crippen molar-refractivity contribution >= 4 is 17.3 Å². The van der Waals surface area contributed by atoms with E-state index in [0.717, 1.165) is 42.7 Å². The molecule has 0 bridgehead atoms. The number of anilines is 1. The van der Waals surface area contributed by atoms with E-state index in [1.54, 1.807) is 12.1 Å². The number of nitrogens with zero attached hydrogens (tertiary/aromatic N) is 1. The van der Waals surface area contributed by atoms with Gasteiger partial charge in [0.05, 0.1) is 0 Å². The Balaban J connectivity index is 1.85. The lowest BCUT2D eigenvalue weighted by atomic mass is 9.88. The van der Waals surface area contributed by atoms with E-state index in [9.17, 15) is 9.59 Å². The van der Waals surface area contributed by atoms with E-state index in [2.05, 4.69) is 10.2 Å². The number of carbonyl (C=O) groups excluding carboxylic acids is 2. The third kappa shape index (κ3) is 3.05. The molecule has 27 heavy (non-hydrogen) atoms. The summed E-state index contributed by atoms with van der Waals surface area (Å²) < 4.78 is 0. The maximum absolute atomic E-state index is 13.3. The average Bonchev–Trinajstić information content (AvgIpc) is 2.70. The lowest BCUT2D eigenvalue weighted by Gasteiger charge is -2.34. The van der Waals surface area contributed by atoms with E-state index in [-0.39, 0.29) is 11.6 Å². The number of likely N-dealkylation sites (tertiary alicyclic amines) is 1. The first-order valence-corrected chi connectivity index (χ1v) is 9.59. The minimum atomic E-state index is -0.105. The number of ketones is 2. The smallest absolute Gasteiger partial charge is 0.212 e. The fraction of sp³-hybridized carbons (Fsp3) is 0.304. The maximum Gasteiger partial charge on any atom is 0.212 e. The van der Waals surface area contributed by atoms with E-state index in [1.165, 1.54) is 6.42 Å². The summed E-state index contributed by atoms with van der Waals surface area (Å²) in [5, 5.41) is 3.33. The van der Waals surface area contributed by atoms with Crippen molar-refractivity contribution < 1.29 is 9.59 Å². The highest BCUT2D eigenvalue weighted by atomic mass is 16.1. The zero-order valence-corrected chi connectivity index (χ0v) is 15.8. The Hall–Kier alpha value is -2.88. The van der Waals surface area contributed by atoms with E-state index in [1.807, 2.05) is 44.2 Å². The normalized spacial score (nSPS) is 17.2. The summed E-state index contributed by atoms with van der Waals surface area (Å²) in [5.41, 5.74) is 5.04. The van der Waals surface area contributed by atoms with Gasteiger partial charge in [0.2, 0.25) is 11.6 Å². The van der Waals surface area contributed by atoms with Gasteiger partial charge in [-0.25, -0.2) is 0 Å². The van der Waals surface area contributed by atoms with Crippen LogP contribution in [0, 0.1) is 13.8 Å². The topological polar surface area (TPSA) is 49.4 Å². The lowest BCUT2D eigenvalue weighted by Crippen LogP contribution is -2.39. The van der Waals surface area contributed by atoms with Crippen LogP contribution in [0.15, 0.2) is 53.9 Å². The highest BCUT2D eigenvalue weighted by Gasteiger charge is 2.35. The second-order valence-electron chi connectivity index (χ2n) is 7.35. The number of nitrogens with one attached hydrogen (secondary N) is 1. The first-order chi connectivity index (χ1) is 13.1. The van der Waals surface area contributed by atoms with Crippen molar-refractivity contribution in [2.75, 3.05) is 18.4 Å². The third-order valence-electron chi connectivity index (χ3n) is 5.63. The second-order valence-corrected chi connectivity index (χ2v) is 7.35. The van der Waals surface area contributed by atoms with Crippen LogP contribution in [-0.2, 0) is 0 Å². The predicted octanol–water partition coefficient (Wildman–Crippen LogP) is 4.49. The number of rotatable bonds is 3. The van der Waals surface area contributed by atoms with Crippen LogP contribution in [0.1, 0.15) is 51.1 Å². The standard InChI is InChI=1S/C23H24N2O2/c1-15-9-8-12-19(16(15)2)24-20-21(25-13-6-3-7-14-25)23(27)18-11-5-4-10-17(18)22(20)26/h4-5,8-12,24H,3,6-7,13-14H2,1-2H3. The minimum absolute atomic E-state index is 0.0556. The second kappa shape index (κ2) is 7.03. The van der Waals surface area contributed by atoms with Gasteiger partial charge in [-0.15, -0.1) is 0 Å². The molecule has 4 heteroatoms. The molecule has 2 aliphatic rings. The van der Waals surface area contributed by atoms with Gasteiger partial charge in [-0.2, -0.15) is 0 Å². The fourth-order valence-electron chi connectivity index (χ4n) is 3.92. The van der Waals surface area contributed by atoms with Crippen molar-refractivity contribution in [3.8, 4) is 0 Å². The molecule has 2 aromatic carbocycles. The van der Waals surface area contributed by atoms with Crippen molar-refractivity contribution in [3.05, 3.63) is 76.1 Å². The highest BCUT2D eigenvalue weighted by molar-refractivity contribution is 6.27. The summed E-state index contributed by atoms with van der Waals surface area (Å²) in [6, 6.07) is 13.1. The van der Waals surface area contributed by atoms with E-state index < -0.39 is 0 Å². The molecular weight excluding hydrogens is 336 g/mol. The molecule has 0 spiro atoms. The summed E-state index contributed by atoms with van der Waals surface area (Å²) in [6.45, 7) is 5.70. The van der Waals surface area contributed by atoms with Crippen LogP contribution in [0.5, 0.6) is 0 Å². The van der Waals surface area contributed by atoms with Gasteiger partial charge in [0, 0.05) is 29.9 Å². The zero-order chi connectivity index (χ0) is 19.0. The van der Waals surface area contributed by atoms with Gasteiger partial charge in [0.1, 0.15) is 11.4 Å². The monoisotopic (exact) mass is 360 g/mol. The molecule has 1 saturated heterocycles. The Labute approximate surface area is 159 Å². The molecule has 0 radical (unpaired) electrons. The third-order valence-corrected chi connectivity index (χ3v) is 5.63. The van der Waals surface area contributed by atoms with Gasteiger partial charge in [-0.3, -0.25) is 9.59 Å². The van der Waals surface area contributed by atoms with Gasteiger partial charge >= 0.3 is 0 Å². The molecular formula is C23H24N2O2. The number of fused-ring (bicyclic) bond motifs is 1. The number of hydrogen-bond donors (Lipinski definition) is 1. The van der Waals surface area contributed by atoms with E-state index in [4.69, 9.17) is 0 Å². The Morgan fingerprint density at radius 1 is 0.815 bits per heavy atom. The molecule has 0 atom stereocenters. The largest absolute Gasteiger partial charge is 0.367 e. The molecule has 0 saturated carbocycles. The summed E-state index contributed by atoms with van der Waals surface area (Å²) in [6.07, 6.45) is 3.26. The van der Waals surface area contributed by atoms with Gasteiger partial charge in [0.25, 0.3) is 0 Å². The zero-order valence-electron chi connectivity index (χ0n) is 15.8. The van der Waals surface area contributed by atoms with Crippen LogP contribution in [0.4, 0.5) is 5.69 Å². The highest BCUT2D eigenvalue weighted by Crippen LogP contribution is 2.32. The number of Topliss-reactive ketones (excluding diaryl/α,β-unsaturated/α-hetero) is 2. The first kappa shape index (κ1) is 17.5. The van der Waals surface area contributed by atoms with Crippen LogP contribution >= 0.6 is 0 Å². The Bertz CT molecular complexity index is 953. The van der Waals surface area contributed by atoms with Crippen LogP contribution in [-0.4, -0.2) is 29.6 Å². The van der Waals surface area contributed by atoms with Crippen molar-refractivity contribution in [1.82, 2.24) is 4.90 Å². The minimum Gasteiger partial charge on any atom is -0.367 e. The molecule has 1 aliphatic carbocycles. The van der Waals surface area contributed by atoms with Crippen LogP contribution in [0.3, 0.4) is 0 Å². The van der Waals surface area contributed by atoms with E-state index >= 15 is 0 Å². The Morgan fingerprint density at radius 2 is 1.48 bits per heavy atom. The predicted molar refractivity (Wildman–Crippen MR) is 107 cm³/mol. The van der Waals surface area contributed by atoms with Gasteiger partial charge in [-0.05, 0) is 50.3 Å². The van der Waals surface area contributed by atoms with Gasteiger partial charge < -0.3 is 10.2 Å². The van der Waals surface area contributed by atoms with Crippen molar-refractivity contribution in [2.45, 2.75) is 33.1 Å². The molecule has 1 heterocycles. The number of hydrogen-bond acceptors (Lipinski definition) is 4. The summed E-state index contributed by atoms with van der Waals surface area (Å²) >= 11 is 0. The molecule has 1 aliphatic heterocycles.